The van der Waals surface area contributed by atoms with E-state index in [4.69, 9.17) is 9.47 Å². The zero-order chi connectivity index (χ0) is 11.0. The monoisotopic (exact) mass is 203 g/mol. The van der Waals surface area contributed by atoms with Gasteiger partial charge in [-0.05, 0) is 27.8 Å². The molecule has 0 aromatic heterocycles. The van der Waals surface area contributed by atoms with Gasteiger partial charge in [-0.15, -0.1) is 0 Å². The molecule has 0 spiro atoms. The number of nitrogens with zero attached hydrogens (tertiary/aromatic N) is 1. The van der Waals surface area contributed by atoms with Crippen molar-refractivity contribution in [3.63, 3.8) is 0 Å². The number of carbonyl (C=O) groups excluding carboxylic acids is 1. The van der Waals surface area contributed by atoms with Crippen molar-refractivity contribution in [2.45, 2.75) is 26.8 Å². The van der Waals surface area contributed by atoms with Gasteiger partial charge >= 0.3 is 5.97 Å². The van der Waals surface area contributed by atoms with E-state index in [1.54, 1.807) is 0 Å². The minimum atomic E-state index is -0.199. The summed E-state index contributed by atoms with van der Waals surface area (Å²) in [5.41, 5.74) is 0. The molecule has 0 saturated carbocycles. The first-order chi connectivity index (χ1) is 6.63. The zero-order valence-electron chi connectivity index (χ0n) is 9.58. The van der Waals surface area contributed by atoms with Crippen LogP contribution in [-0.2, 0) is 14.3 Å². The molecule has 0 aliphatic carbocycles. The van der Waals surface area contributed by atoms with E-state index < -0.39 is 0 Å². The number of rotatable bonds is 7. The molecule has 84 valence electrons. The second kappa shape index (κ2) is 7.76. The van der Waals surface area contributed by atoms with Crippen molar-refractivity contribution >= 4 is 5.97 Å². The molecule has 1 atom stereocenters. The molecule has 0 amide bonds. The second-order valence-corrected chi connectivity index (χ2v) is 3.11. The number of esters is 1. The molecule has 0 bridgehead atoms. The molecule has 0 aliphatic rings. The van der Waals surface area contributed by atoms with E-state index in [9.17, 15) is 4.79 Å². The summed E-state index contributed by atoms with van der Waals surface area (Å²) in [4.78, 5) is 13.2. The van der Waals surface area contributed by atoms with Crippen LogP contribution < -0.4 is 0 Å². The van der Waals surface area contributed by atoms with Crippen LogP contribution in [0, 0.1) is 0 Å². The first-order valence-corrected chi connectivity index (χ1v) is 5.08. The highest BCUT2D eigenvalue weighted by Crippen LogP contribution is 1.98. The highest BCUT2D eigenvalue weighted by Gasteiger charge is 2.18. The van der Waals surface area contributed by atoms with Crippen LogP contribution in [-0.4, -0.2) is 50.3 Å². The van der Waals surface area contributed by atoms with Crippen LogP contribution in [0.5, 0.6) is 0 Å². The van der Waals surface area contributed by atoms with Crippen LogP contribution in [0.4, 0.5) is 0 Å². The average Bonchev–Trinajstić information content (AvgIpc) is 2.17. The lowest BCUT2D eigenvalue weighted by Crippen LogP contribution is -2.39. The Bertz CT molecular complexity index is 161. The summed E-state index contributed by atoms with van der Waals surface area (Å²) in [5.74, 6) is -0.175. The van der Waals surface area contributed by atoms with Crippen LogP contribution in [0.15, 0.2) is 0 Å². The van der Waals surface area contributed by atoms with E-state index in [0.717, 1.165) is 6.54 Å². The van der Waals surface area contributed by atoms with E-state index in [1.807, 2.05) is 32.7 Å². The average molecular weight is 203 g/mol. The van der Waals surface area contributed by atoms with Gasteiger partial charge in [0.15, 0.2) is 0 Å². The first-order valence-electron chi connectivity index (χ1n) is 5.08. The van der Waals surface area contributed by atoms with Crippen molar-refractivity contribution < 1.29 is 14.3 Å². The number of likely N-dealkylation sites (N-methyl/N-ethyl adjacent to an activating group) is 1. The Morgan fingerprint density at radius 3 is 2.50 bits per heavy atom. The summed E-state index contributed by atoms with van der Waals surface area (Å²) < 4.78 is 10.1. The molecular weight excluding hydrogens is 182 g/mol. The van der Waals surface area contributed by atoms with Gasteiger partial charge in [-0.3, -0.25) is 9.69 Å². The normalized spacial score (nSPS) is 12.9. The van der Waals surface area contributed by atoms with Crippen molar-refractivity contribution in [3.8, 4) is 0 Å². The van der Waals surface area contributed by atoms with Gasteiger partial charge in [0.05, 0.1) is 13.2 Å². The molecule has 0 N–H and O–H groups in total. The van der Waals surface area contributed by atoms with E-state index >= 15 is 0 Å². The largest absolute Gasteiger partial charge is 0.465 e. The van der Waals surface area contributed by atoms with Crippen LogP contribution >= 0.6 is 0 Å². The standard InChI is InChI=1S/C10H21NO3/c1-5-13-8-7-11(4)9(3)10(12)14-6-2/h9H,5-8H2,1-4H3. The number of hydrogen-bond donors (Lipinski definition) is 0. The molecule has 0 radical (unpaired) electrons. The Morgan fingerprint density at radius 2 is 2.00 bits per heavy atom. The fourth-order valence-electron chi connectivity index (χ4n) is 0.989. The Kier molecular flexibility index (Phi) is 7.42. The highest BCUT2D eigenvalue weighted by molar-refractivity contribution is 5.75. The fraction of sp³-hybridized carbons (Fsp3) is 0.900. The predicted octanol–water partition coefficient (Wildman–Crippen LogP) is 0.906. The molecule has 0 aliphatic heterocycles. The maximum absolute atomic E-state index is 11.3. The van der Waals surface area contributed by atoms with Crippen molar-refractivity contribution in [1.29, 1.82) is 0 Å². The van der Waals surface area contributed by atoms with Crippen LogP contribution in [0.2, 0.25) is 0 Å². The lowest BCUT2D eigenvalue weighted by molar-refractivity contribution is -0.148. The summed E-state index contributed by atoms with van der Waals surface area (Å²) >= 11 is 0. The van der Waals surface area contributed by atoms with Gasteiger partial charge < -0.3 is 9.47 Å². The number of ether oxygens (including phenoxy) is 2. The van der Waals surface area contributed by atoms with Gasteiger partial charge in [0.2, 0.25) is 0 Å². The molecule has 0 aromatic carbocycles. The van der Waals surface area contributed by atoms with Gasteiger partial charge in [-0.2, -0.15) is 0 Å². The smallest absolute Gasteiger partial charge is 0.323 e. The second-order valence-electron chi connectivity index (χ2n) is 3.11. The topological polar surface area (TPSA) is 38.8 Å². The van der Waals surface area contributed by atoms with E-state index in [2.05, 4.69) is 0 Å². The summed E-state index contributed by atoms with van der Waals surface area (Å²) in [6, 6.07) is -0.199. The van der Waals surface area contributed by atoms with E-state index in [0.29, 0.717) is 19.8 Å². The van der Waals surface area contributed by atoms with E-state index in [1.165, 1.54) is 0 Å². The molecule has 0 rings (SSSR count). The first kappa shape index (κ1) is 13.4. The fourth-order valence-corrected chi connectivity index (χ4v) is 0.989. The van der Waals surface area contributed by atoms with E-state index in [-0.39, 0.29) is 12.0 Å². The summed E-state index contributed by atoms with van der Waals surface area (Å²) in [5, 5.41) is 0. The quantitative estimate of drug-likeness (QED) is 0.455. The van der Waals surface area contributed by atoms with Gasteiger partial charge in [0, 0.05) is 13.2 Å². The molecule has 0 saturated heterocycles. The van der Waals surface area contributed by atoms with Crippen molar-refractivity contribution in [1.82, 2.24) is 4.90 Å². The maximum atomic E-state index is 11.3. The van der Waals surface area contributed by atoms with Crippen LogP contribution in [0.1, 0.15) is 20.8 Å². The molecule has 1 unspecified atom stereocenters. The summed E-state index contributed by atoms with van der Waals surface area (Å²) in [7, 11) is 1.89. The van der Waals surface area contributed by atoms with Gasteiger partial charge in [-0.25, -0.2) is 0 Å². The van der Waals surface area contributed by atoms with Crippen LogP contribution in [0.25, 0.3) is 0 Å². The van der Waals surface area contributed by atoms with Crippen molar-refractivity contribution in [2.75, 3.05) is 33.4 Å². The number of hydrogen-bond acceptors (Lipinski definition) is 4. The Morgan fingerprint density at radius 1 is 1.36 bits per heavy atom. The van der Waals surface area contributed by atoms with Crippen LogP contribution in [0.3, 0.4) is 0 Å². The Hall–Kier alpha value is -0.610. The summed E-state index contributed by atoms with van der Waals surface area (Å²) in [6.07, 6.45) is 0. The van der Waals surface area contributed by atoms with Gasteiger partial charge in [0.25, 0.3) is 0 Å². The molecule has 0 heterocycles. The predicted molar refractivity (Wildman–Crippen MR) is 55.2 cm³/mol. The molecule has 4 heteroatoms. The highest BCUT2D eigenvalue weighted by atomic mass is 16.5. The lowest BCUT2D eigenvalue weighted by atomic mass is 10.3. The third kappa shape index (κ3) is 5.19. The lowest BCUT2D eigenvalue weighted by Gasteiger charge is -2.22. The minimum Gasteiger partial charge on any atom is -0.465 e. The Balaban J connectivity index is 3.74. The Labute approximate surface area is 86.2 Å². The van der Waals surface area contributed by atoms with Gasteiger partial charge in [0.1, 0.15) is 6.04 Å². The zero-order valence-corrected chi connectivity index (χ0v) is 9.58. The third-order valence-corrected chi connectivity index (χ3v) is 2.08. The SMILES string of the molecule is CCOCCN(C)C(C)C(=O)OCC. The minimum absolute atomic E-state index is 0.175. The molecule has 0 aromatic rings. The molecule has 14 heavy (non-hydrogen) atoms. The van der Waals surface area contributed by atoms with Crippen molar-refractivity contribution in [3.05, 3.63) is 0 Å². The van der Waals surface area contributed by atoms with Gasteiger partial charge in [-0.1, -0.05) is 0 Å². The molecular formula is C10H21NO3. The number of carbonyl (C=O) groups is 1. The molecule has 0 fully saturated rings. The molecule has 4 nitrogen and oxygen atoms in total. The maximum Gasteiger partial charge on any atom is 0.323 e. The van der Waals surface area contributed by atoms with Crippen molar-refractivity contribution in [2.24, 2.45) is 0 Å². The third-order valence-electron chi connectivity index (χ3n) is 2.08. The summed E-state index contributed by atoms with van der Waals surface area (Å²) in [6.45, 7) is 8.14.